The van der Waals surface area contributed by atoms with E-state index in [9.17, 15) is 14.4 Å². The summed E-state index contributed by atoms with van der Waals surface area (Å²) in [6.45, 7) is 10.3. The fourth-order valence-electron chi connectivity index (χ4n) is 5.72. The van der Waals surface area contributed by atoms with Gasteiger partial charge in [-0.15, -0.1) is 0 Å². The number of fused-ring (bicyclic) bond motifs is 5. The average Bonchev–Trinajstić information content (AvgIpc) is 3.36. The van der Waals surface area contributed by atoms with Crippen LogP contribution in [0.5, 0.6) is 5.75 Å². The topological polar surface area (TPSA) is 102 Å². The van der Waals surface area contributed by atoms with Crippen LogP contribution in [0.1, 0.15) is 108 Å². The molecular weight excluding hydrogens is 546 g/mol. The fraction of sp³-hybridized carbons (Fsp3) is 0.588. The third kappa shape index (κ3) is 7.86. The molecule has 1 aromatic carbocycles. The number of benzene rings is 1. The van der Waals surface area contributed by atoms with E-state index in [0.29, 0.717) is 31.9 Å². The standard InChI is InChI=1S/C34H47N3O6/c1-6-7-8-10-14-20-43-30(39)18-12-9-11-13-19-42-28-17-15-16-24-31(28)35-37-23-29(34(2,3)4)36-22-25(33(40)41-5)27(38)21-26(36)32(24)37/h15-17,21-22,29H,6-14,18-20,23H2,1-5H3/t29-/m0/s1. The number of hydrogen-bond donors (Lipinski definition) is 0. The molecule has 0 fully saturated rings. The number of esters is 2. The number of carbonyl (C=O) groups is 2. The fourth-order valence-corrected chi connectivity index (χ4v) is 5.72. The Morgan fingerprint density at radius 3 is 2.44 bits per heavy atom. The van der Waals surface area contributed by atoms with E-state index in [1.807, 2.05) is 27.4 Å². The van der Waals surface area contributed by atoms with E-state index in [-0.39, 0.29) is 28.4 Å². The van der Waals surface area contributed by atoms with Crippen molar-refractivity contribution in [1.82, 2.24) is 14.3 Å². The molecule has 2 aromatic heterocycles. The quantitative estimate of drug-likeness (QED) is 0.137. The second-order valence-electron chi connectivity index (χ2n) is 12.5. The summed E-state index contributed by atoms with van der Waals surface area (Å²) in [6, 6.07) is 7.34. The minimum atomic E-state index is -0.638. The first kappa shape index (κ1) is 32.3. The molecule has 0 saturated heterocycles. The van der Waals surface area contributed by atoms with Gasteiger partial charge in [-0.25, -0.2) is 4.79 Å². The maximum atomic E-state index is 13.0. The van der Waals surface area contributed by atoms with Gasteiger partial charge in [0.15, 0.2) is 5.43 Å². The lowest BCUT2D eigenvalue weighted by Crippen LogP contribution is -2.35. The summed E-state index contributed by atoms with van der Waals surface area (Å²) in [7, 11) is 1.28. The predicted molar refractivity (Wildman–Crippen MR) is 168 cm³/mol. The maximum Gasteiger partial charge on any atom is 0.343 e. The van der Waals surface area contributed by atoms with Gasteiger partial charge in [0.25, 0.3) is 0 Å². The van der Waals surface area contributed by atoms with Crippen LogP contribution in [0.25, 0.3) is 22.3 Å². The highest BCUT2D eigenvalue weighted by atomic mass is 16.5. The minimum Gasteiger partial charge on any atom is -0.491 e. The zero-order valence-electron chi connectivity index (χ0n) is 26.4. The Bertz CT molecular complexity index is 1470. The molecule has 43 heavy (non-hydrogen) atoms. The number of methoxy groups -OCH3 is 1. The van der Waals surface area contributed by atoms with Crippen molar-refractivity contribution in [2.24, 2.45) is 5.41 Å². The minimum absolute atomic E-state index is 0.0245. The van der Waals surface area contributed by atoms with E-state index in [0.717, 1.165) is 60.8 Å². The lowest BCUT2D eigenvalue weighted by atomic mass is 9.85. The molecule has 0 unspecified atom stereocenters. The van der Waals surface area contributed by atoms with Crippen molar-refractivity contribution in [2.75, 3.05) is 20.3 Å². The number of hydrogen-bond acceptors (Lipinski definition) is 7. The molecule has 234 valence electrons. The zero-order valence-corrected chi connectivity index (χ0v) is 26.4. The second-order valence-corrected chi connectivity index (χ2v) is 12.5. The number of rotatable bonds is 15. The van der Waals surface area contributed by atoms with Gasteiger partial charge in [0.2, 0.25) is 0 Å². The molecule has 3 heterocycles. The van der Waals surface area contributed by atoms with Crippen LogP contribution in [0.4, 0.5) is 0 Å². The molecular formula is C34H47N3O6. The first-order chi connectivity index (χ1) is 20.7. The summed E-state index contributed by atoms with van der Waals surface area (Å²) in [5.74, 6) is -0.0313. The molecule has 1 atom stereocenters. The molecule has 0 amide bonds. The molecule has 0 spiro atoms. The molecule has 0 N–H and O–H groups in total. The van der Waals surface area contributed by atoms with Crippen LogP contribution in [-0.4, -0.2) is 46.6 Å². The van der Waals surface area contributed by atoms with Crippen LogP contribution in [0, 0.1) is 5.41 Å². The van der Waals surface area contributed by atoms with Crippen molar-refractivity contribution in [3.63, 3.8) is 0 Å². The molecule has 9 heteroatoms. The molecule has 1 aliphatic rings. The molecule has 0 radical (unpaired) electrons. The Kier molecular flexibility index (Phi) is 11.0. The Balaban J connectivity index is 1.37. The number of carbonyl (C=O) groups excluding carboxylic acids is 2. The van der Waals surface area contributed by atoms with E-state index >= 15 is 0 Å². The molecule has 4 rings (SSSR count). The molecule has 9 nitrogen and oxygen atoms in total. The first-order valence-corrected chi connectivity index (χ1v) is 15.8. The van der Waals surface area contributed by atoms with Gasteiger partial charge in [-0.05, 0) is 30.7 Å². The third-order valence-electron chi connectivity index (χ3n) is 8.19. The largest absolute Gasteiger partial charge is 0.491 e. The summed E-state index contributed by atoms with van der Waals surface area (Å²) in [4.78, 5) is 37.2. The molecule has 0 bridgehead atoms. The van der Waals surface area contributed by atoms with Crippen LogP contribution in [-0.2, 0) is 20.8 Å². The number of nitrogens with zero attached hydrogens (tertiary/aromatic N) is 3. The Labute approximate surface area is 254 Å². The summed E-state index contributed by atoms with van der Waals surface area (Å²) in [5, 5.41) is 5.84. The normalized spacial score (nSPS) is 14.3. The smallest absolute Gasteiger partial charge is 0.343 e. The van der Waals surface area contributed by atoms with E-state index in [1.54, 1.807) is 6.20 Å². The summed E-state index contributed by atoms with van der Waals surface area (Å²) >= 11 is 0. The van der Waals surface area contributed by atoms with Gasteiger partial charge >= 0.3 is 11.9 Å². The van der Waals surface area contributed by atoms with Crippen LogP contribution in [0.15, 0.2) is 35.3 Å². The highest BCUT2D eigenvalue weighted by molar-refractivity contribution is 5.97. The summed E-state index contributed by atoms with van der Waals surface area (Å²) in [5.41, 5.74) is 1.78. The van der Waals surface area contributed by atoms with E-state index in [1.165, 1.54) is 32.4 Å². The van der Waals surface area contributed by atoms with Crippen molar-refractivity contribution in [2.45, 2.75) is 104 Å². The van der Waals surface area contributed by atoms with Crippen molar-refractivity contribution >= 4 is 22.8 Å². The number of aromatic nitrogens is 3. The first-order valence-electron chi connectivity index (χ1n) is 15.8. The number of unbranched alkanes of at least 4 members (excludes halogenated alkanes) is 7. The van der Waals surface area contributed by atoms with Crippen molar-refractivity contribution in [3.8, 4) is 17.1 Å². The van der Waals surface area contributed by atoms with Gasteiger partial charge in [0.1, 0.15) is 16.8 Å². The van der Waals surface area contributed by atoms with Crippen molar-refractivity contribution in [3.05, 3.63) is 46.2 Å². The highest BCUT2D eigenvalue weighted by Crippen LogP contribution is 2.43. The monoisotopic (exact) mass is 593 g/mol. The van der Waals surface area contributed by atoms with Crippen LogP contribution >= 0.6 is 0 Å². The number of pyridine rings is 1. The Morgan fingerprint density at radius 2 is 1.72 bits per heavy atom. The van der Waals surface area contributed by atoms with Gasteiger partial charge in [-0.1, -0.05) is 78.4 Å². The van der Waals surface area contributed by atoms with Crippen molar-refractivity contribution in [1.29, 1.82) is 0 Å². The van der Waals surface area contributed by atoms with Gasteiger partial charge in [-0.2, -0.15) is 5.10 Å². The van der Waals surface area contributed by atoms with Crippen molar-refractivity contribution < 1.29 is 23.8 Å². The second kappa shape index (κ2) is 14.7. The molecule has 1 aliphatic heterocycles. The van der Waals surface area contributed by atoms with Gasteiger partial charge in [-0.3, -0.25) is 14.3 Å². The summed E-state index contributed by atoms with van der Waals surface area (Å²) < 4.78 is 20.4. The van der Waals surface area contributed by atoms with Gasteiger partial charge < -0.3 is 18.8 Å². The van der Waals surface area contributed by atoms with Crippen LogP contribution in [0.3, 0.4) is 0 Å². The van der Waals surface area contributed by atoms with Crippen LogP contribution < -0.4 is 10.2 Å². The molecule has 0 aliphatic carbocycles. The highest BCUT2D eigenvalue weighted by Gasteiger charge is 2.35. The SMILES string of the molecule is CCCCCCCOC(=O)CCCCCCOc1cccc2c3n(nc12)C[C@@H](C(C)(C)C)n1cc(C(=O)OC)c(=O)cc1-3. The van der Waals surface area contributed by atoms with Crippen LogP contribution in [0.2, 0.25) is 0 Å². The molecule has 0 saturated carbocycles. The lowest BCUT2D eigenvalue weighted by molar-refractivity contribution is -0.143. The van der Waals surface area contributed by atoms with Gasteiger partial charge in [0, 0.05) is 24.1 Å². The number of ether oxygens (including phenoxy) is 3. The average molecular weight is 594 g/mol. The maximum absolute atomic E-state index is 13.0. The van der Waals surface area contributed by atoms with E-state index < -0.39 is 5.97 Å². The Hall–Kier alpha value is -3.62. The predicted octanol–water partition coefficient (Wildman–Crippen LogP) is 7.10. The molecule has 3 aromatic rings. The Morgan fingerprint density at radius 1 is 1.00 bits per heavy atom. The van der Waals surface area contributed by atoms with Gasteiger partial charge in [0.05, 0.1) is 44.3 Å². The summed E-state index contributed by atoms with van der Waals surface area (Å²) in [6.07, 6.45) is 11.5. The zero-order chi connectivity index (χ0) is 31.0. The van der Waals surface area contributed by atoms with E-state index in [4.69, 9.17) is 19.3 Å². The van der Waals surface area contributed by atoms with E-state index in [2.05, 4.69) is 27.7 Å². The lowest BCUT2D eigenvalue weighted by Gasteiger charge is -2.38. The third-order valence-corrected chi connectivity index (χ3v) is 8.19.